The van der Waals surface area contributed by atoms with Crippen LogP contribution in [0.2, 0.25) is 0 Å². The van der Waals surface area contributed by atoms with Gasteiger partial charge in [-0.05, 0) is 29.9 Å². The van der Waals surface area contributed by atoms with E-state index >= 15 is 0 Å². The van der Waals surface area contributed by atoms with Gasteiger partial charge in [-0.25, -0.2) is 9.97 Å². The second-order valence-corrected chi connectivity index (χ2v) is 5.73. The minimum absolute atomic E-state index is 0.0694. The van der Waals surface area contributed by atoms with Crippen molar-refractivity contribution in [1.82, 2.24) is 9.97 Å². The zero-order valence-corrected chi connectivity index (χ0v) is 11.3. The van der Waals surface area contributed by atoms with Crippen LogP contribution in [0, 0.1) is 11.3 Å². The quantitative estimate of drug-likeness (QED) is 0.793. The van der Waals surface area contributed by atoms with E-state index in [1.54, 1.807) is 0 Å². The van der Waals surface area contributed by atoms with Gasteiger partial charge in [0.2, 0.25) is 5.95 Å². The molecule has 0 aromatic carbocycles. The Kier molecular flexibility index (Phi) is 4.87. The van der Waals surface area contributed by atoms with Crippen molar-refractivity contribution in [2.24, 2.45) is 17.1 Å². The first kappa shape index (κ1) is 13.9. The summed E-state index contributed by atoms with van der Waals surface area (Å²) in [5, 5.41) is 3.21. The highest BCUT2D eigenvalue weighted by Crippen LogP contribution is 2.13. The first-order valence-electron chi connectivity index (χ1n) is 6.18. The molecule has 0 saturated carbocycles. The zero-order valence-electron chi connectivity index (χ0n) is 11.3. The van der Waals surface area contributed by atoms with Crippen LogP contribution < -0.4 is 11.1 Å². The van der Waals surface area contributed by atoms with Crippen LogP contribution in [-0.4, -0.2) is 23.1 Å². The van der Waals surface area contributed by atoms with Crippen molar-refractivity contribution in [1.29, 1.82) is 0 Å². The molecule has 0 aliphatic heterocycles. The molecular formula is C13H24N4. The summed E-state index contributed by atoms with van der Waals surface area (Å²) in [6, 6.07) is 0. The Bertz CT molecular complexity index is 330. The highest BCUT2D eigenvalue weighted by atomic mass is 15.1. The third-order valence-corrected chi connectivity index (χ3v) is 2.63. The number of anilines is 1. The van der Waals surface area contributed by atoms with E-state index in [9.17, 15) is 0 Å². The molecule has 1 heterocycles. The van der Waals surface area contributed by atoms with Gasteiger partial charge in [-0.2, -0.15) is 0 Å². The van der Waals surface area contributed by atoms with Gasteiger partial charge in [0.05, 0.1) is 0 Å². The number of nitrogens with zero attached hydrogens (tertiary/aromatic N) is 2. The molecule has 1 rings (SSSR count). The van der Waals surface area contributed by atoms with E-state index in [1.807, 2.05) is 12.4 Å². The van der Waals surface area contributed by atoms with E-state index in [-0.39, 0.29) is 5.41 Å². The largest absolute Gasteiger partial charge is 0.354 e. The summed E-state index contributed by atoms with van der Waals surface area (Å²) in [5.74, 6) is 1.31. The lowest BCUT2D eigenvalue weighted by Gasteiger charge is -2.22. The van der Waals surface area contributed by atoms with Gasteiger partial charge in [0, 0.05) is 18.9 Å². The molecule has 0 radical (unpaired) electrons. The van der Waals surface area contributed by atoms with Crippen molar-refractivity contribution in [2.45, 2.75) is 34.1 Å². The molecule has 0 aliphatic carbocycles. The molecule has 1 aromatic rings. The summed E-state index contributed by atoms with van der Waals surface area (Å²) in [7, 11) is 0. The van der Waals surface area contributed by atoms with E-state index in [0.29, 0.717) is 18.4 Å². The first-order valence-corrected chi connectivity index (χ1v) is 6.18. The SMILES string of the molecule is CC(C)Cc1cnc(NCC(C)(C)CN)nc1. The lowest BCUT2D eigenvalue weighted by Crippen LogP contribution is -2.31. The van der Waals surface area contributed by atoms with Crippen molar-refractivity contribution < 1.29 is 0 Å². The molecule has 0 bridgehead atoms. The fraction of sp³-hybridized carbons (Fsp3) is 0.692. The summed E-state index contributed by atoms with van der Waals surface area (Å²) >= 11 is 0. The topological polar surface area (TPSA) is 63.8 Å². The fourth-order valence-electron chi connectivity index (χ4n) is 1.41. The lowest BCUT2D eigenvalue weighted by molar-refractivity contribution is 0.404. The van der Waals surface area contributed by atoms with Crippen LogP contribution in [-0.2, 0) is 6.42 Å². The average Bonchev–Trinajstić information content (AvgIpc) is 2.28. The van der Waals surface area contributed by atoms with Gasteiger partial charge in [0.1, 0.15) is 0 Å². The second kappa shape index (κ2) is 5.96. The van der Waals surface area contributed by atoms with Crippen LogP contribution >= 0.6 is 0 Å². The second-order valence-electron chi connectivity index (χ2n) is 5.73. The number of hydrogen-bond acceptors (Lipinski definition) is 4. The molecule has 96 valence electrons. The van der Waals surface area contributed by atoms with Gasteiger partial charge in [0.25, 0.3) is 0 Å². The number of rotatable bonds is 6. The predicted octanol–water partition coefficient (Wildman–Crippen LogP) is 2.07. The molecule has 17 heavy (non-hydrogen) atoms. The summed E-state index contributed by atoms with van der Waals surface area (Å²) in [6.45, 7) is 10.0. The van der Waals surface area contributed by atoms with E-state index in [0.717, 1.165) is 13.0 Å². The third-order valence-electron chi connectivity index (χ3n) is 2.63. The minimum Gasteiger partial charge on any atom is -0.354 e. The zero-order chi connectivity index (χ0) is 12.9. The molecule has 4 nitrogen and oxygen atoms in total. The average molecular weight is 236 g/mol. The van der Waals surface area contributed by atoms with Gasteiger partial charge in [-0.1, -0.05) is 27.7 Å². The summed E-state index contributed by atoms with van der Waals surface area (Å²) < 4.78 is 0. The Morgan fingerprint density at radius 1 is 1.29 bits per heavy atom. The molecule has 0 saturated heterocycles. The highest BCUT2D eigenvalue weighted by molar-refractivity contribution is 5.25. The van der Waals surface area contributed by atoms with Crippen molar-refractivity contribution in [2.75, 3.05) is 18.4 Å². The van der Waals surface area contributed by atoms with E-state index in [1.165, 1.54) is 5.56 Å². The van der Waals surface area contributed by atoms with Gasteiger partial charge in [-0.15, -0.1) is 0 Å². The van der Waals surface area contributed by atoms with Crippen LogP contribution in [0.3, 0.4) is 0 Å². The molecule has 3 N–H and O–H groups in total. The molecule has 0 amide bonds. The number of aromatic nitrogens is 2. The van der Waals surface area contributed by atoms with Crippen LogP contribution in [0.25, 0.3) is 0 Å². The molecule has 0 fully saturated rings. The summed E-state index contributed by atoms with van der Waals surface area (Å²) in [5.41, 5.74) is 6.92. The maximum absolute atomic E-state index is 5.67. The lowest BCUT2D eigenvalue weighted by atomic mass is 9.94. The van der Waals surface area contributed by atoms with Crippen molar-refractivity contribution in [3.63, 3.8) is 0 Å². The molecule has 1 aromatic heterocycles. The van der Waals surface area contributed by atoms with Gasteiger partial charge in [0.15, 0.2) is 0 Å². The molecule has 0 aliphatic rings. The van der Waals surface area contributed by atoms with E-state index < -0.39 is 0 Å². The van der Waals surface area contributed by atoms with Crippen molar-refractivity contribution in [3.05, 3.63) is 18.0 Å². The minimum atomic E-state index is 0.0694. The monoisotopic (exact) mass is 236 g/mol. The van der Waals surface area contributed by atoms with Crippen molar-refractivity contribution >= 4 is 5.95 Å². The van der Waals surface area contributed by atoms with Gasteiger partial charge in [-0.3, -0.25) is 0 Å². The Morgan fingerprint density at radius 3 is 2.35 bits per heavy atom. The molecule has 0 unspecified atom stereocenters. The van der Waals surface area contributed by atoms with Crippen LogP contribution in [0.15, 0.2) is 12.4 Å². The van der Waals surface area contributed by atoms with Crippen LogP contribution in [0.1, 0.15) is 33.3 Å². The maximum Gasteiger partial charge on any atom is 0.222 e. The summed E-state index contributed by atoms with van der Waals surface area (Å²) in [4.78, 5) is 8.61. The highest BCUT2D eigenvalue weighted by Gasteiger charge is 2.15. The first-order chi connectivity index (χ1) is 7.93. The Balaban J connectivity index is 2.51. The number of nitrogens with one attached hydrogen (secondary N) is 1. The van der Waals surface area contributed by atoms with Crippen LogP contribution in [0.5, 0.6) is 0 Å². The smallest absolute Gasteiger partial charge is 0.222 e. The Hall–Kier alpha value is -1.16. The van der Waals surface area contributed by atoms with Crippen molar-refractivity contribution in [3.8, 4) is 0 Å². The third kappa shape index (κ3) is 5.13. The van der Waals surface area contributed by atoms with E-state index in [2.05, 4.69) is 43.0 Å². The molecular weight excluding hydrogens is 212 g/mol. The Labute approximate surface area is 104 Å². The van der Waals surface area contributed by atoms with E-state index in [4.69, 9.17) is 5.73 Å². The number of nitrogens with two attached hydrogens (primary N) is 1. The standard InChI is InChI=1S/C13H24N4/c1-10(2)5-11-6-15-12(16-7-11)17-9-13(3,4)8-14/h6-7,10H,5,8-9,14H2,1-4H3,(H,15,16,17). The normalized spacial score (nSPS) is 11.9. The molecule has 4 heteroatoms. The Morgan fingerprint density at radius 2 is 1.88 bits per heavy atom. The predicted molar refractivity (Wildman–Crippen MR) is 71.9 cm³/mol. The van der Waals surface area contributed by atoms with Gasteiger partial charge >= 0.3 is 0 Å². The van der Waals surface area contributed by atoms with Crippen LogP contribution in [0.4, 0.5) is 5.95 Å². The molecule has 0 atom stereocenters. The van der Waals surface area contributed by atoms with Gasteiger partial charge < -0.3 is 11.1 Å². The fourth-order valence-corrected chi connectivity index (χ4v) is 1.41. The summed E-state index contributed by atoms with van der Waals surface area (Å²) in [6.07, 6.45) is 4.81. The maximum atomic E-state index is 5.67. The molecule has 0 spiro atoms. The number of hydrogen-bond donors (Lipinski definition) is 2.